The van der Waals surface area contributed by atoms with E-state index in [4.69, 9.17) is 18.9 Å². The van der Waals surface area contributed by atoms with Crippen molar-refractivity contribution < 1.29 is 42.9 Å². The Hall–Kier alpha value is -2.75. The highest BCUT2D eigenvalue weighted by atomic mass is 16.7. The molecule has 0 fully saturated rings. The summed E-state index contributed by atoms with van der Waals surface area (Å²) in [7, 11) is 5.92. The summed E-state index contributed by atoms with van der Waals surface area (Å²) < 4.78 is 22.7. The molecule has 0 aromatic heterocycles. The van der Waals surface area contributed by atoms with Crippen molar-refractivity contribution in [2.75, 3.05) is 47.5 Å². The molecule has 0 amide bonds. The van der Waals surface area contributed by atoms with E-state index in [1.54, 1.807) is 0 Å². The molecule has 390 valence electrons. The van der Waals surface area contributed by atoms with Crippen LogP contribution in [0, 0.1) is 0 Å². The maximum atomic E-state index is 12.8. The molecule has 0 heterocycles. The zero-order chi connectivity index (χ0) is 49.2. The third-order valence-corrected chi connectivity index (χ3v) is 12.1. The number of carbonyl (C=O) groups excluding carboxylic acids is 3. The SMILES string of the molecule is CC/C=C\C/C=C\C/C=C\C/C=C\CCCCCCCCCCCCCCC(=O)OC(COC(=O)CCCCCCCCCCCCCCCCCCC)COC(OCC[N+](C)(C)C)C(=O)[O-]. The zero-order valence-corrected chi connectivity index (χ0v) is 44.3. The normalized spacial score (nSPS) is 13.1. The monoisotopic (exact) mass is 944 g/mol. The van der Waals surface area contributed by atoms with Gasteiger partial charge in [0, 0.05) is 12.8 Å². The van der Waals surface area contributed by atoms with Crippen LogP contribution in [0.1, 0.15) is 245 Å². The largest absolute Gasteiger partial charge is 0.545 e. The highest BCUT2D eigenvalue weighted by Gasteiger charge is 2.22. The average molecular weight is 944 g/mol. The number of unbranched alkanes of at least 4 members (excludes halogenated alkanes) is 28. The summed E-state index contributed by atoms with van der Waals surface area (Å²) in [5.41, 5.74) is 0. The summed E-state index contributed by atoms with van der Waals surface area (Å²) >= 11 is 0. The van der Waals surface area contributed by atoms with Gasteiger partial charge in [0.05, 0.1) is 40.3 Å². The second-order valence-electron chi connectivity index (χ2n) is 19.9. The molecule has 2 unspecified atom stereocenters. The lowest BCUT2D eigenvalue weighted by Gasteiger charge is -2.26. The molecular weight excluding hydrogens is 839 g/mol. The molecule has 0 bridgehead atoms. The molecule has 0 N–H and O–H groups in total. The molecule has 9 heteroatoms. The molecule has 9 nitrogen and oxygen atoms in total. The molecular formula is C58H105NO8. The molecule has 0 spiro atoms. The molecule has 67 heavy (non-hydrogen) atoms. The minimum absolute atomic E-state index is 0.148. The van der Waals surface area contributed by atoms with Gasteiger partial charge in [-0.15, -0.1) is 0 Å². The van der Waals surface area contributed by atoms with Crippen LogP contribution >= 0.6 is 0 Å². The summed E-state index contributed by atoms with van der Waals surface area (Å²) in [5, 5.41) is 11.8. The van der Waals surface area contributed by atoms with E-state index in [2.05, 4.69) is 62.5 Å². The van der Waals surface area contributed by atoms with Crippen molar-refractivity contribution in [1.82, 2.24) is 0 Å². The molecule has 0 aromatic carbocycles. The third kappa shape index (κ3) is 50.9. The molecule has 0 radical (unpaired) electrons. The van der Waals surface area contributed by atoms with Crippen LogP contribution in [0.3, 0.4) is 0 Å². The van der Waals surface area contributed by atoms with E-state index in [0.29, 0.717) is 23.9 Å². The Morgan fingerprint density at radius 2 is 0.851 bits per heavy atom. The lowest BCUT2D eigenvalue weighted by molar-refractivity contribution is -0.870. The number of carboxylic acid groups (broad SMARTS) is 1. The predicted octanol–water partition coefficient (Wildman–Crippen LogP) is 14.6. The third-order valence-electron chi connectivity index (χ3n) is 12.1. The molecule has 0 rings (SSSR count). The lowest BCUT2D eigenvalue weighted by Crippen LogP contribution is -2.44. The fourth-order valence-corrected chi connectivity index (χ4v) is 7.82. The van der Waals surface area contributed by atoms with Gasteiger partial charge in [0.25, 0.3) is 0 Å². The van der Waals surface area contributed by atoms with Crippen LogP contribution < -0.4 is 5.11 Å². The second kappa shape index (κ2) is 49.7. The number of nitrogens with zero attached hydrogens (tertiary/aromatic N) is 1. The zero-order valence-electron chi connectivity index (χ0n) is 44.3. The average Bonchev–Trinajstić information content (AvgIpc) is 3.29. The van der Waals surface area contributed by atoms with E-state index < -0.39 is 24.3 Å². The van der Waals surface area contributed by atoms with Gasteiger partial charge in [0.2, 0.25) is 0 Å². The fourth-order valence-electron chi connectivity index (χ4n) is 7.82. The van der Waals surface area contributed by atoms with E-state index in [-0.39, 0.29) is 32.2 Å². The molecule has 2 atom stereocenters. The van der Waals surface area contributed by atoms with E-state index in [1.165, 1.54) is 148 Å². The van der Waals surface area contributed by atoms with Crippen LogP contribution in [0.2, 0.25) is 0 Å². The van der Waals surface area contributed by atoms with E-state index >= 15 is 0 Å². The second-order valence-corrected chi connectivity index (χ2v) is 19.9. The first kappa shape index (κ1) is 64.2. The van der Waals surface area contributed by atoms with Crippen LogP contribution in [-0.4, -0.2) is 82.3 Å². The van der Waals surface area contributed by atoms with Gasteiger partial charge in [-0.1, -0.05) is 229 Å². The highest BCUT2D eigenvalue weighted by Crippen LogP contribution is 2.16. The Balaban J connectivity index is 4.25. The van der Waals surface area contributed by atoms with Gasteiger partial charge in [0.15, 0.2) is 12.4 Å². The molecule has 0 aliphatic carbocycles. The molecule has 0 saturated heterocycles. The van der Waals surface area contributed by atoms with Crippen molar-refractivity contribution >= 4 is 17.9 Å². The number of allylic oxidation sites excluding steroid dienone is 8. The van der Waals surface area contributed by atoms with Crippen LogP contribution in [0.4, 0.5) is 0 Å². The van der Waals surface area contributed by atoms with Gasteiger partial charge in [0.1, 0.15) is 13.2 Å². The molecule has 0 saturated carbocycles. The van der Waals surface area contributed by atoms with Crippen molar-refractivity contribution in [2.45, 2.75) is 257 Å². The number of ether oxygens (including phenoxy) is 4. The van der Waals surface area contributed by atoms with Crippen molar-refractivity contribution in [1.29, 1.82) is 0 Å². The van der Waals surface area contributed by atoms with Crippen molar-refractivity contribution in [3.63, 3.8) is 0 Å². The quantitative estimate of drug-likeness (QED) is 0.0195. The summed E-state index contributed by atoms with van der Waals surface area (Å²) in [5.74, 6) is -2.27. The maximum absolute atomic E-state index is 12.8. The summed E-state index contributed by atoms with van der Waals surface area (Å²) in [6.07, 6.45) is 57.2. The fraction of sp³-hybridized carbons (Fsp3) is 0.810. The minimum atomic E-state index is -1.62. The number of hydrogen-bond donors (Lipinski definition) is 0. The van der Waals surface area contributed by atoms with Gasteiger partial charge < -0.3 is 33.3 Å². The Morgan fingerprint density at radius 1 is 0.463 bits per heavy atom. The van der Waals surface area contributed by atoms with E-state index in [1.807, 2.05) is 21.1 Å². The minimum Gasteiger partial charge on any atom is -0.545 e. The van der Waals surface area contributed by atoms with Crippen molar-refractivity contribution in [3.8, 4) is 0 Å². The van der Waals surface area contributed by atoms with Gasteiger partial charge in [-0.2, -0.15) is 0 Å². The highest BCUT2D eigenvalue weighted by molar-refractivity contribution is 5.70. The summed E-state index contributed by atoms with van der Waals surface area (Å²) in [6.45, 7) is 4.66. The molecule has 0 aliphatic rings. The standard InChI is InChI=1S/C58H105NO8/c1-6-8-10-12-14-16-18-20-22-24-25-26-27-28-29-30-31-33-35-37-39-41-43-45-47-49-56(61)67-54(53-66-58(57(62)63)64-51-50-59(3,4)5)52-65-55(60)48-46-44-42-40-38-36-34-32-23-21-19-17-15-13-11-9-7-2/h8,10,14,16,20,22,25-26,54,58H,6-7,9,11-13,15,17-19,21,23-24,27-53H2,1-5H3/b10-8-,16-14-,22-20-,26-25-. The number of esters is 2. The number of carboxylic acids is 1. The van der Waals surface area contributed by atoms with Crippen LogP contribution in [0.15, 0.2) is 48.6 Å². The number of likely N-dealkylation sites (N-methyl/N-ethyl adjacent to an activating group) is 1. The first-order chi connectivity index (χ1) is 32.6. The molecule has 0 aliphatic heterocycles. The Kier molecular flexibility index (Phi) is 47.6. The summed E-state index contributed by atoms with van der Waals surface area (Å²) in [6, 6.07) is 0. The van der Waals surface area contributed by atoms with Gasteiger partial charge in [-0.05, 0) is 51.4 Å². The van der Waals surface area contributed by atoms with Crippen LogP contribution in [0.5, 0.6) is 0 Å². The number of hydrogen-bond acceptors (Lipinski definition) is 8. The maximum Gasteiger partial charge on any atom is 0.306 e. The Bertz CT molecular complexity index is 1240. The Morgan fingerprint density at radius 3 is 1.27 bits per heavy atom. The molecule has 0 aromatic rings. The van der Waals surface area contributed by atoms with Crippen molar-refractivity contribution in [2.24, 2.45) is 0 Å². The van der Waals surface area contributed by atoms with Crippen LogP contribution in [0.25, 0.3) is 0 Å². The Labute approximate surface area is 412 Å². The van der Waals surface area contributed by atoms with Gasteiger partial charge in [-0.25, -0.2) is 0 Å². The predicted molar refractivity (Wildman–Crippen MR) is 279 cm³/mol. The van der Waals surface area contributed by atoms with Crippen molar-refractivity contribution in [3.05, 3.63) is 48.6 Å². The number of aliphatic carboxylic acids is 1. The number of quaternary nitrogens is 1. The van der Waals surface area contributed by atoms with E-state index in [0.717, 1.165) is 64.2 Å². The van der Waals surface area contributed by atoms with Gasteiger partial charge in [-0.3, -0.25) is 9.59 Å². The topological polar surface area (TPSA) is 111 Å². The number of carbonyl (C=O) groups is 3. The first-order valence-electron chi connectivity index (χ1n) is 27.8. The lowest BCUT2D eigenvalue weighted by atomic mass is 10.0. The van der Waals surface area contributed by atoms with Gasteiger partial charge >= 0.3 is 11.9 Å². The number of rotatable bonds is 51. The first-order valence-corrected chi connectivity index (χ1v) is 27.8. The van der Waals surface area contributed by atoms with Crippen LogP contribution in [-0.2, 0) is 33.3 Å². The van der Waals surface area contributed by atoms with E-state index in [9.17, 15) is 19.5 Å². The summed E-state index contributed by atoms with van der Waals surface area (Å²) in [4.78, 5) is 37.2. The smallest absolute Gasteiger partial charge is 0.306 e.